The van der Waals surface area contributed by atoms with Crippen molar-refractivity contribution in [3.05, 3.63) is 0 Å². The topological polar surface area (TPSA) is 156 Å². The molecule has 0 aromatic carbocycles. The molecular weight excluding hydrogens is 296 g/mol. The Morgan fingerprint density at radius 3 is 1.27 bits per heavy atom. The van der Waals surface area contributed by atoms with E-state index in [4.69, 9.17) is 0 Å². The van der Waals surface area contributed by atoms with E-state index in [1.165, 1.54) is 0 Å². The van der Waals surface area contributed by atoms with E-state index < -0.39 is 47.2 Å². The summed E-state index contributed by atoms with van der Waals surface area (Å²) < 4.78 is 0. The van der Waals surface area contributed by atoms with Crippen LogP contribution in [-0.4, -0.2) is 77.8 Å². The molecule has 1 rings (SSSR count). The molecule has 0 unspecified atom stereocenters. The maximum absolute atomic E-state index is 12.2. The largest absolute Gasteiger partial charge is 0.387 e. The van der Waals surface area contributed by atoms with Crippen LogP contribution in [0.5, 0.6) is 0 Å². The zero-order chi connectivity index (χ0) is 17.3. The van der Waals surface area contributed by atoms with Crippen LogP contribution in [-0.2, 0) is 9.59 Å². The van der Waals surface area contributed by atoms with Crippen LogP contribution in [0.2, 0.25) is 0 Å². The summed E-state index contributed by atoms with van der Waals surface area (Å²) in [7, 11) is 0. The van der Waals surface area contributed by atoms with Gasteiger partial charge < -0.3 is 30.6 Å². The molecule has 1 saturated carbocycles. The summed E-state index contributed by atoms with van der Waals surface area (Å²) >= 11 is 0. The van der Waals surface area contributed by atoms with Gasteiger partial charge >= 0.3 is 0 Å². The monoisotopic (exact) mass is 320 g/mol. The molecule has 8 heteroatoms. The summed E-state index contributed by atoms with van der Waals surface area (Å²) in [5.41, 5.74) is -6.18. The van der Waals surface area contributed by atoms with Crippen LogP contribution in [0.3, 0.4) is 0 Å². The first kappa shape index (κ1) is 19.1. The molecule has 128 valence electrons. The minimum Gasteiger partial charge on any atom is -0.387 e. The average Bonchev–Trinajstić information content (AvgIpc) is 2.49. The average molecular weight is 320 g/mol. The fraction of sp³-hybridized carbons (Fsp3) is 0.857. The predicted molar refractivity (Wildman–Crippen MR) is 73.8 cm³/mol. The summed E-state index contributed by atoms with van der Waals surface area (Å²) in [6.07, 6.45) is -8.87. The number of aliphatic hydroxyl groups excluding tert-OH is 4. The standard InChI is InChI=1S/C14H24O8/c1-3-5-7(15)13(21)11(19)9(17)10(18)12(20)14(13,22)8(16)6-4-2/h9-12,17-22H,3-6H2,1-2H3/t9-,10-,11+,12+,13-,14+/m1/s1. The fourth-order valence-corrected chi connectivity index (χ4v) is 2.91. The first-order chi connectivity index (χ1) is 10.1. The number of ketones is 2. The molecule has 0 bridgehead atoms. The number of hydrogen-bond donors (Lipinski definition) is 6. The molecule has 0 heterocycles. The first-order valence-corrected chi connectivity index (χ1v) is 7.34. The molecule has 1 aliphatic rings. The highest BCUT2D eigenvalue weighted by molar-refractivity contribution is 6.00. The predicted octanol–water partition coefficient (Wildman–Crippen LogP) is -2.36. The minimum absolute atomic E-state index is 0.251. The second-order valence-corrected chi connectivity index (χ2v) is 5.75. The van der Waals surface area contributed by atoms with E-state index in [1.54, 1.807) is 13.8 Å². The normalized spacial score (nSPS) is 42.2. The van der Waals surface area contributed by atoms with Gasteiger partial charge in [0.2, 0.25) is 0 Å². The molecule has 6 atom stereocenters. The first-order valence-electron chi connectivity index (χ1n) is 7.34. The van der Waals surface area contributed by atoms with E-state index in [0.717, 1.165) is 0 Å². The van der Waals surface area contributed by atoms with E-state index in [-0.39, 0.29) is 25.7 Å². The molecule has 0 saturated heterocycles. The molecular formula is C14H24O8. The van der Waals surface area contributed by atoms with Gasteiger partial charge in [0.1, 0.15) is 24.4 Å². The fourth-order valence-electron chi connectivity index (χ4n) is 2.91. The molecule has 0 spiro atoms. The van der Waals surface area contributed by atoms with Crippen molar-refractivity contribution in [2.45, 2.75) is 75.1 Å². The molecule has 0 amide bonds. The maximum Gasteiger partial charge on any atom is 0.190 e. The van der Waals surface area contributed by atoms with E-state index >= 15 is 0 Å². The second kappa shape index (κ2) is 6.69. The molecule has 0 aliphatic heterocycles. The van der Waals surface area contributed by atoms with Crippen LogP contribution in [0.25, 0.3) is 0 Å². The van der Waals surface area contributed by atoms with Crippen molar-refractivity contribution in [3.8, 4) is 0 Å². The van der Waals surface area contributed by atoms with Gasteiger partial charge in [-0.05, 0) is 12.8 Å². The van der Waals surface area contributed by atoms with E-state index in [9.17, 15) is 40.2 Å². The SMILES string of the molecule is CCCC(=O)[C@@]1(O)[C@@H](O)[C@H](O)[C@@H](O)[C@H](O)[C@@]1(O)C(=O)CCC. The van der Waals surface area contributed by atoms with Crippen LogP contribution in [0.4, 0.5) is 0 Å². The zero-order valence-electron chi connectivity index (χ0n) is 12.6. The Morgan fingerprint density at radius 1 is 0.773 bits per heavy atom. The van der Waals surface area contributed by atoms with Crippen molar-refractivity contribution >= 4 is 11.6 Å². The lowest BCUT2D eigenvalue weighted by molar-refractivity contribution is -0.290. The van der Waals surface area contributed by atoms with Gasteiger partial charge in [0.05, 0.1) is 0 Å². The number of aliphatic hydroxyl groups is 6. The summed E-state index contributed by atoms with van der Waals surface area (Å²) in [5, 5.41) is 60.7. The third kappa shape index (κ3) is 2.49. The van der Waals surface area contributed by atoms with E-state index in [1.807, 2.05) is 0 Å². The summed E-state index contributed by atoms with van der Waals surface area (Å²) in [6.45, 7) is 3.20. The molecule has 0 aromatic rings. The summed E-state index contributed by atoms with van der Waals surface area (Å²) in [4.78, 5) is 24.5. The van der Waals surface area contributed by atoms with Gasteiger partial charge in [-0.3, -0.25) is 9.59 Å². The Labute approximate surface area is 128 Å². The lowest BCUT2D eigenvalue weighted by Crippen LogP contribution is -2.82. The van der Waals surface area contributed by atoms with Crippen molar-refractivity contribution in [2.24, 2.45) is 0 Å². The highest BCUT2D eigenvalue weighted by Gasteiger charge is 2.72. The van der Waals surface area contributed by atoms with Gasteiger partial charge in [-0.15, -0.1) is 0 Å². The lowest BCUT2D eigenvalue weighted by atomic mass is 9.61. The second-order valence-electron chi connectivity index (χ2n) is 5.75. The number of hydrogen-bond acceptors (Lipinski definition) is 8. The summed E-state index contributed by atoms with van der Waals surface area (Å²) in [5.74, 6) is -2.17. The van der Waals surface area contributed by atoms with Crippen molar-refractivity contribution < 1.29 is 40.2 Å². The van der Waals surface area contributed by atoms with E-state index in [0.29, 0.717) is 0 Å². The molecule has 8 nitrogen and oxygen atoms in total. The van der Waals surface area contributed by atoms with Gasteiger partial charge in [0.25, 0.3) is 0 Å². The number of rotatable bonds is 6. The number of Topliss-reactive ketones (excluding diaryl/α,β-unsaturated/α-hetero) is 2. The van der Waals surface area contributed by atoms with Gasteiger partial charge in [-0.1, -0.05) is 13.8 Å². The minimum atomic E-state index is -3.09. The molecule has 6 N–H and O–H groups in total. The van der Waals surface area contributed by atoms with E-state index in [2.05, 4.69) is 0 Å². The smallest absolute Gasteiger partial charge is 0.190 e. The zero-order valence-corrected chi connectivity index (χ0v) is 12.6. The van der Waals surface area contributed by atoms with Crippen LogP contribution >= 0.6 is 0 Å². The van der Waals surface area contributed by atoms with Crippen LogP contribution < -0.4 is 0 Å². The van der Waals surface area contributed by atoms with Gasteiger partial charge in [0, 0.05) is 12.8 Å². The third-order valence-corrected chi connectivity index (χ3v) is 4.24. The lowest BCUT2D eigenvalue weighted by Gasteiger charge is -2.53. The Kier molecular flexibility index (Phi) is 5.82. The third-order valence-electron chi connectivity index (χ3n) is 4.24. The van der Waals surface area contributed by atoms with Crippen molar-refractivity contribution in [1.29, 1.82) is 0 Å². The molecule has 1 fully saturated rings. The van der Waals surface area contributed by atoms with Gasteiger partial charge in [0.15, 0.2) is 22.8 Å². The Hall–Kier alpha value is -0.900. The van der Waals surface area contributed by atoms with Gasteiger partial charge in [-0.2, -0.15) is 0 Å². The maximum atomic E-state index is 12.2. The molecule has 22 heavy (non-hydrogen) atoms. The number of carbonyl (C=O) groups is 2. The quantitative estimate of drug-likeness (QED) is 0.317. The Balaban J connectivity index is 3.48. The van der Waals surface area contributed by atoms with Crippen LogP contribution in [0, 0.1) is 0 Å². The Bertz CT molecular complexity index is 399. The summed E-state index contributed by atoms with van der Waals surface area (Å²) in [6, 6.07) is 0. The Morgan fingerprint density at radius 2 is 1.05 bits per heavy atom. The van der Waals surface area contributed by atoms with Crippen molar-refractivity contribution in [1.82, 2.24) is 0 Å². The highest BCUT2D eigenvalue weighted by atomic mass is 16.4. The van der Waals surface area contributed by atoms with Gasteiger partial charge in [-0.25, -0.2) is 0 Å². The highest BCUT2D eigenvalue weighted by Crippen LogP contribution is 2.41. The molecule has 0 radical (unpaired) electrons. The number of carbonyl (C=O) groups excluding carboxylic acids is 2. The van der Waals surface area contributed by atoms with Crippen LogP contribution in [0.1, 0.15) is 39.5 Å². The van der Waals surface area contributed by atoms with Crippen LogP contribution in [0.15, 0.2) is 0 Å². The van der Waals surface area contributed by atoms with Crippen molar-refractivity contribution in [3.63, 3.8) is 0 Å². The molecule has 0 aromatic heterocycles. The van der Waals surface area contributed by atoms with Crippen molar-refractivity contribution in [2.75, 3.05) is 0 Å². The molecule has 1 aliphatic carbocycles.